The van der Waals surface area contributed by atoms with Crippen molar-refractivity contribution in [2.24, 2.45) is 5.73 Å². The Morgan fingerprint density at radius 3 is 2.71 bits per heavy atom. The number of hydrogen-bond acceptors (Lipinski definition) is 2. The van der Waals surface area contributed by atoms with E-state index in [-0.39, 0.29) is 12.1 Å². The van der Waals surface area contributed by atoms with E-state index in [2.05, 4.69) is 52.2 Å². The van der Waals surface area contributed by atoms with Crippen molar-refractivity contribution in [3.63, 3.8) is 0 Å². The van der Waals surface area contributed by atoms with Crippen LogP contribution in [0.1, 0.15) is 24.1 Å². The first-order valence-corrected chi connectivity index (χ1v) is 6.39. The molecule has 0 radical (unpaired) electrons. The molecular formula is C13H16BrN3. The highest BCUT2D eigenvalue weighted by Gasteiger charge is 2.19. The molecular weight excluding hydrogens is 278 g/mol. The highest BCUT2D eigenvalue weighted by Crippen LogP contribution is 2.23. The normalized spacial score (nSPS) is 14.6. The molecule has 0 saturated carbocycles. The van der Waals surface area contributed by atoms with Gasteiger partial charge < -0.3 is 5.73 Å². The summed E-state index contributed by atoms with van der Waals surface area (Å²) in [5.41, 5.74) is 8.51. The second-order valence-corrected chi connectivity index (χ2v) is 5.27. The van der Waals surface area contributed by atoms with Gasteiger partial charge in [-0.15, -0.1) is 0 Å². The first kappa shape index (κ1) is 12.3. The Balaban J connectivity index is 2.42. The van der Waals surface area contributed by atoms with E-state index in [9.17, 15) is 0 Å². The molecule has 2 N–H and O–H groups in total. The maximum absolute atomic E-state index is 6.08. The smallest absolute Gasteiger partial charge is 0.0917 e. The average molecular weight is 294 g/mol. The van der Waals surface area contributed by atoms with Crippen molar-refractivity contribution in [3.8, 4) is 0 Å². The summed E-state index contributed by atoms with van der Waals surface area (Å²) in [5, 5.41) is 4.33. The van der Waals surface area contributed by atoms with Crippen LogP contribution < -0.4 is 5.73 Å². The summed E-state index contributed by atoms with van der Waals surface area (Å²) in [5.74, 6) is 0. The lowest BCUT2D eigenvalue weighted by Gasteiger charge is -2.22. The Morgan fingerprint density at radius 1 is 1.41 bits per heavy atom. The van der Waals surface area contributed by atoms with Crippen molar-refractivity contribution in [2.45, 2.75) is 25.9 Å². The van der Waals surface area contributed by atoms with E-state index in [1.807, 2.05) is 17.8 Å². The van der Waals surface area contributed by atoms with Crippen molar-refractivity contribution in [2.75, 3.05) is 0 Å². The molecule has 1 aromatic carbocycles. The van der Waals surface area contributed by atoms with Gasteiger partial charge in [0, 0.05) is 12.2 Å². The molecule has 0 aliphatic rings. The predicted molar refractivity (Wildman–Crippen MR) is 72.9 cm³/mol. The van der Waals surface area contributed by atoms with Crippen LogP contribution in [0.3, 0.4) is 0 Å². The summed E-state index contributed by atoms with van der Waals surface area (Å²) in [6.45, 7) is 4.09. The summed E-state index contributed by atoms with van der Waals surface area (Å²) in [4.78, 5) is 0. The van der Waals surface area contributed by atoms with Gasteiger partial charge in [0.2, 0.25) is 0 Å². The molecule has 3 nitrogen and oxygen atoms in total. The molecule has 2 atom stereocenters. The molecule has 2 rings (SSSR count). The SMILES string of the molecule is Cc1cccc(C(C(C)N)n2cc(Br)cn2)c1. The first-order valence-electron chi connectivity index (χ1n) is 5.59. The molecule has 0 fully saturated rings. The second-order valence-electron chi connectivity index (χ2n) is 4.36. The van der Waals surface area contributed by atoms with Crippen LogP contribution in [0.15, 0.2) is 41.1 Å². The fourth-order valence-corrected chi connectivity index (χ4v) is 2.32. The van der Waals surface area contributed by atoms with Gasteiger partial charge in [0.05, 0.1) is 16.7 Å². The van der Waals surface area contributed by atoms with Gasteiger partial charge in [-0.1, -0.05) is 29.8 Å². The predicted octanol–water partition coefficient (Wildman–Crippen LogP) is 2.89. The van der Waals surface area contributed by atoms with E-state index < -0.39 is 0 Å². The highest BCUT2D eigenvalue weighted by molar-refractivity contribution is 9.10. The van der Waals surface area contributed by atoms with Crippen LogP contribution >= 0.6 is 15.9 Å². The van der Waals surface area contributed by atoms with Crippen molar-refractivity contribution in [1.29, 1.82) is 0 Å². The van der Waals surface area contributed by atoms with Crippen LogP contribution in [0.25, 0.3) is 0 Å². The molecule has 17 heavy (non-hydrogen) atoms. The van der Waals surface area contributed by atoms with Crippen LogP contribution in [0.4, 0.5) is 0 Å². The molecule has 90 valence electrons. The molecule has 0 amide bonds. The number of benzene rings is 1. The van der Waals surface area contributed by atoms with Crippen molar-refractivity contribution >= 4 is 15.9 Å². The molecule has 0 aliphatic carbocycles. The maximum atomic E-state index is 6.08. The largest absolute Gasteiger partial charge is 0.326 e. The number of halogens is 1. The molecule has 1 aromatic heterocycles. The topological polar surface area (TPSA) is 43.8 Å². The second kappa shape index (κ2) is 5.02. The Hall–Kier alpha value is -1.13. The van der Waals surface area contributed by atoms with Gasteiger partial charge >= 0.3 is 0 Å². The van der Waals surface area contributed by atoms with Gasteiger partial charge in [-0.3, -0.25) is 4.68 Å². The monoisotopic (exact) mass is 293 g/mol. The van der Waals surface area contributed by atoms with E-state index in [1.54, 1.807) is 6.20 Å². The molecule has 0 spiro atoms. The average Bonchev–Trinajstić information content (AvgIpc) is 2.64. The minimum atomic E-state index is 0.00333. The van der Waals surface area contributed by atoms with Gasteiger partial charge in [-0.2, -0.15) is 5.10 Å². The van der Waals surface area contributed by atoms with Crippen LogP contribution in [0.5, 0.6) is 0 Å². The number of aromatic nitrogens is 2. The third kappa shape index (κ3) is 2.76. The van der Waals surface area contributed by atoms with Gasteiger partial charge in [0.1, 0.15) is 0 Å². The van der Waals surface area contributed by atoms with Crippen LogP contribution in [-0.2, 0) is 0 Å². The Bertz CT molecular complexity index is 505. The van der Waals surface area contributed by atoms with E-state index in [1.165, 1.54) is 11.1 Å². The summed E-state index contributed by atoms with van der Waals surface area (Å²) >= 11 is 3.41. The van der Waals surface area contributed by atoms with Crippen LogP contribution in [0.2, 0.25) is 0 Å². The quantitative estimate of drug-likeness (QED) is 0.946. The van der Waals surface area contributed by atoms with Crippen LogP contribution in [0, 0.1) is 6.92 Å². The van der Waals surface area contributed by atoms with Crippen LogP contribution in [-0.4, -0.2) is 15.8 Å². The van der Waals surface area contributed by atoms with E-state index in [0.29, 0.717) is 0 Å². The lowest BCUT2D eigenvalue weighted by Crippen LogP contribution is -2.30. The highest BCUT2D eigenvalue weighted by atomic mass is 79.9. The zero-order chi connectivity index (χ0) is 12.4. The fourth-order valence-electron chi connectivity index (χ4n) is 2.02. The fraction of sp³-hybridized carbons (Fsp3) is 0.308. The van der Waals surface area contributed by atoms with Gasteiger partial charge in [-0.25, -0.2) is 0 Å². The third-order valence-electron chi connectivity index (χ3n) is 2.74. The van der Waals surface area contributed by atoms with Crippen molar-refractivity contribution in [3.05, 3.63) is 52.3 Å². The molecule has 2 aromatic rings. The summed E-state index contributed by atoms with van der Waals surface area (Å²) < 4.78 is 2.87. The zero-order valence-electron chi connectivity index (χ0n) is 9.97. The number of hydrogen-bond donors (Lipinski definition) is 1. The zero-order valence-corrected chi connectivity index (χ0v) is 11.6. The lowest BCUT2D eigenvalue weighted by atomic mass is 9.99. The Kier molecular flexibility index (Phi) is 3.64. The maximum Gasteiger partial charge on any atom is 0.0917 e. The van der Waals surface area contributed by atoms with Gasteiger partial charge in [-0.05, 0) is 35.3 Å². The Labute approximate surface area is 110 Å². The number of nitrogens with zero attached hydrogens (tertiary/aromatic N) is 2. The summed E-state index contributed by atoms with van der Waals surface area (Å²) in [6, 6.07) is 8.46. The molecule has 0 bridgehead atoms. The van der Waals surface area contributed by atoms with E-state index in [0.717, 1.165) is 4.47 Å². The molecule has 0 saturated heterocycles. The first-order chi connectivity index (χ1) is 8.08. The molecule has 2 unspecified atom stereocenters. The minimum Gasteiger partial charge on any atom is -0.326 e. The summed E-state index contributed by atoms with van der Waals surface area (Å²) in [7, 11) is 0. The van der Waals surface area contributed by atoms with E-state index in [4.69, 9.17) is 5.73 Å². The number of aryl methyl sites for hydroxylation is 1. The molecule has 1 heterocycles. The summed E-state index contributed by atoms with van der Waals surface area (Å²) in [6.07, 6.45) is 3.74. The van der Waals surface area contributed by atoms with Gasteiger partial charge in [0.15, 0.2) is 0 Å². The molecule has 0 aliphatic heterocycles. The number of rotatable bonds is 3. The standard InChI is InChI=1S/C13H16BrN3/c1-9-4-3-5-11(6-9)13(10(2)15)17-8-12(14)7-16-17/h3-8,10,13H,15H2,1-2H3. The van der Waals surface area contributed by atoms with Crippen molar-refractivity contribution < 1.29 is 0 Å². The lowest BCUT2D eigenvalue weighted by molar-refractivity contribution is 0.453. The third-order valence-corrected chi connectivity index (χ3v) is 3.15. The molecule has 4 heteroatoms. The Morgan fingerprint density at radius 2 is 2.18 bits per heavy atom. The van der Waals surface area contributed by atoms with Gasteiger partial charge in [0.25, 0.3) is 0 Å². The minimum absolute atomic E-state index is 0.00333. The van der Waals surface area contributed by atoms with Crippen molar-refractivity contribution in [1.82, 2.24) is 9.78 Å². The number of nitrogens with two attached hydrogens (primary N) is 1. The van der Waals surface area contributed by atoms with E-state index >= 15 is 0 Å².